The lowest BCUT2D eigenvalue weighted by atomic mass is 10.4. The maximum absolute atomic E-state index is 11.3. The van der Waals surface area contributed by atoms with Crippen LogP contribution in [0.15, 0.2) is 12.4 Å². The second-order valence-electron chi connectivity index (χ2n) is 2.63. The average molecular weight is 181 g/mol. The van der Waals surface area contributed by atoms with E-state index in [0.29, 0.717) is 0 Å². The van der Waals surface area contributed by atoms with Crippen molar-refractivity contribution in [2.24, 2.45) is 0 Å². The summed E-state index contributed by atoms with van der Waals surface area (Å²) in [6, 6.07) is 0. The van der Waals surface area contributed by atoms with Crippen molar-refractivity contribution in [1.82, 2.24) is 20.4 Å². The van der Waals surface area contributed by atoms with Crippen molar-refractivity contribution in [3.8, 4) is 0 Å². The normalized spacial score (nSPS) is 10.1. The van der Waals surface area contributed by atoms with E-state index in [0.717, 1.165) is 0 Å². The number of nitrogens with one attached hydrogen (secondary N) is 1. The van der Waals surface area contributed by atoms with Crippen LogP contribution in [0.1, 0.15) is 10.5 Å². The molecule has 0 saturated carbocycles. The molecule has 0 unspecified atom stereocenters. The first-order valence-corrected chi connectivity index (χ1v) is 3.66. The number of nitrogens with two attached hydrogens (primary N) is 1. The van der Waals surface area contributed by atoms with E-state index in [-0.39, 0.29) is 17.4 Å². The van der Waals surface area contributed by atoms with E-state index in [9.17, 15) is 4.79 Å². The molecular formula is C7H11N5O. The van der Waals surface area contributed by atoms with Crippen molar-refractivity contribution in [3.05, 3.63) is 18.1 Å². The maximum Gasteiger partial charge on any atom is 0.287 e. The summed E-state index contributed by atoms with van der Waals surface area (Å²) in [5.74, 6) is -0.238. The van der Waals surface area contributed by atoms with Crippen molar-refractivity contribution >= 4 is 11.7 Å². The van der Waals surface area contributed by atoms with Gasteiger partial charge in [-0.3, -0.25) is 10.2 Å². The maximum atomic E-state index is 11.3. The summed E-state index contributed by atoms with van der Waals surface area (Å²) in [7, 11) is 3.40. The van der Waals surface area contributed by atoms with Gasteiger partial charge in [0, 0.05) is 26.5 Å². The lowest BCUT2D eigenvalue weighted by molar-refractivity contribution is 0.0852. The standard InChI is InChI=1S/C7H11N5O/c1-12(2)11-7(13)5-6(8)10-4-3-9-5/h3-4H,1-2H3,(H2,8,10)(H,11,13). The van der Waals surface area contributed by atoms with Crippen LogP contribution in [0.2, 0.25) is 0 Å². The van der Waals surface area contributed by atoms with Gasteiger partial charge >= 0.3 is 0 Å². The summed E-state index contributed by atoms with van der Waals surface area (Å²) >= 11 is 0. The van der Waals surface area contributed by atoms with Gasteiger partial charge in [-0.1, -0.05) is 0 Å². The van der Waals surface area contributed by atoms with E-state index in [4.69, 9.17) is 5.73 Å². The van der Waals surface area contributed by atoms with Crippen molar-refractivity contribution < 1.29 is 4.79 Å². The van der Waals surface area contributed by atoms with Crippen LogP contribution in [0.5, 0.6) is 0 Å². The van der Waals surface area contributed by atoms with Crippen molar-refractivity contribution in [2.45, 2.75) is 0 Å². The van der Waals surface area contributed by atoms with Gasteiger partial charge in [-0.2, -0.15) is 0 Å². The highest BCUT2D eigenvalue weighted by atomic mass is 16.2. The van der Waals surface area contributed by atoms with Crippen LogP contribution in [0, 0.1) is 0 Å². The number of amides is 1. The molecule has 1 aromatic rings. The number of carbonyl (C=O) groups is 1. The molecule has 0 bridgehead atoms. The zero-order valence-electron chi connectivity index (χ0n) is 7.48. The number of nitrogen functional groups attached to an aromatic ring is 1. The van der Waals surface area contributed by atoms with E-state index in [1.54, 1.807) is 14.1 Å². The highest BCUT2D eigenvalue weighted by Crippen LogP contribution is 2.01. The molecule has 0 aliphatic heterocycles. The van der Waals surface area contributed by atoms with E-state index >= 15 is 0 Å². The van der Waals surface area contributed by atoms with Crippen LogP contribution < -0.4 is 11.2 Å². The summed E-state index contributed by atoms with van der Waals surface area (Å²) < 4.78 is 0. The minimum absolute atomic E-state index is 0.127. The molecule has 13 heavy (non-hydrogen) atoms. The Hall–Kier alpha value is -1.69. The molecule has 1 aromatic heterocycles. The number of hydrazine groups is 1. The molecule has 6 nitrogen and oxygen atoms in total. The number of anilines is 1. The summed E-state index contributed by atoms with van der Waals surface area (Å²) in [5.41, 5.74) is 8.09. The molecule has 0 aromatic carbocycles. The SMILES string of the molecule is CN(C)NC(=O)c1nccnc1N. The Kier molecular flexibility index (Phi) is 2.76. The fourth-order valence-electron chi connectivity index (χ4n) is 0.780. The minimum Gasteiger partial charge on any atom is -0.382 e. The van der Waals surface area contributed by atoms with Gasteiger partial charge in [-0.15, -0.1) is 0 Å². The lowest BCUT2D eigenvalue weighted by Crippen LogP contribution is -2.37. The van der Waals surface area contributed by atoms with Gasteiger partial charge in [0.25, 0.3) is 5.91 Å². The Morgan fingerprint density at radius 1 is 1.46 bits per heavy atom. The molecule has 70 valence electrons. The fourth-order valence-corrected chi connectivity index (χ4v) is 0.780. The summed E-state index contributed by atoms with van der Waals surface area (Å²) in [6.07, 6.45) is 2.85. The molecule has 0 radical (unpaired) electrons. The second-order valence-corrected chi connectivity index (χ2v) is 2.63. The molecule has 1 amide bonds. The van der Waals surface area contributed by atoms with E-state index in [1.807, 2.05) is 0 Å². The topological polar surface area (TPSA) is 84.1 Å². The molecule has 1 heterocycles. The predicted octanol–water partition coefficient (Wildman–Crippen LogP) is -0.735. The molecule has 0 aliphatic carbocycles. The number of nitrogens with zero attached hydrogens (tertiary/aromatic N) is 3. The zero-order chi connectivity index (χ0) is 9.84. The first kappa shape index (κ1) is 9.40. The molecular weight excluding hydrogens is 170 g/mol. The van der Waals surface area contributed by atoms with Crippen LogP contribution in [-0.4, -0.2) is 35.0 Å². The third-order valence-corrected chi connectivity index (χ3v) is 1.27. The lowest BCUT2D eigenvalue weighted by Gasteiger charge is -2.11. The Bertz CT molecular complexity index is 312. The molecule has 0 atom stereocenters. The van der Waals surface area contributed by atoms with Gasteiger partial charge in [-0.25, -0.2) is 15.0 Å². The Morgan fingerprint density at radius 2 is 2.08 bits per heavy atom. The highest BCUT2D eigenvalue weighted by molar-refractivity contribution is 5.95. The monoisotopic (exact) mass is 181 g/mol. The Labute approximate surface area is 75.7 Å². The van der Waals surface area contributed by atoms with Crippen LogP contribution >= 0.6 is 0 Å². The van der Waals surface area contributed by atoms with Gasteiger partial charge < -0.3 is 5.73 Å². The predicted molar refractivity (Wildman–Crippen MR) is 47.6 cm³/mol. The van der Waals surface area contributed by atoms with Crippen LogP contribution in [0.3, 0.4) is 0 Å². The highest BCUT2D eigenvalue weighted by Gasteiger charge is 2.11. The van der Waals surface area contributed by atoms with E-state index < -0.39 is 0 Å². The Balaban J connectivity index is 2.83. The van der Waals surface area contributed by atoms with Crippen molar-refractivity contribution in [2.75, 3.05) is 19.8 Å². The molecule has 3 N–H and O–H groups in total. The first-order valence-electron chi connectivity index (χ1n) is 3.66. The van der Waals surface area contributed by atoms with Gasteiger partial charge in [0.2, 0.25) is 0 Å². The molecule has 1 rings (SSSR count). The Morgan fingerprint density at radius 3 is 2.62 bits per heavy atom. The molecule has 6 heteroatoms. The summed E-state index contributed by atoms with van der Waals surface area (Å²) in [6.45, 7) is 0. The van der Waals surface area contributed by atoms with Crippen molar-refractivity contribution in [1.29, 1.82) is 0 Å². The minimum atomic E-state index is -0.365. The number of aromatic nitrogens is 2. The first-order chi connectivity index (χ1) is 6.11. The van der Waals surface area contributed by atoms with Gasteiger partial charge in [0.1, 0.15) is 0 Å². The number of hydrogen-bond donors (Lipinski definition) is 2. The zero-order valence-corrected chi connectivity index (χ0v) is 7.48. The average Bonchev–Trinajstić information content (AvgIpc) is 2.03. The van der Waals surface area contributed by atoms with Crippen LogP contribution in [0.4, 0.5) is 5.82 Å². The quantitative estimate of drug-likeness (QED) is 0.587. The van der Waals surface area contributed by atoms with Crippen molar-refractivity contribution in [3.63, 3.8) is 0 Å². The van der Waals surface area contributed by atoms with Gasteiger partial charge in [0.15, 0.2) is 11.5 Å². The molecule has 0 spiro atoms. The molecule has 0 fully saturated rings. The molecule has 0 saturated heterocycles. The van der Waals surface area contributed by atoms with Crippen LogP contribution in [0.25, 0.3) is 0 Å². The second kappa shape index (κ2) is 3.81. The summed E-state index contributed by atoms with van der Waals surface area (Å²) in [4.78, 5) is 18.9. The number of hydrogen-bond acceptors (Lipinski definition) is 5. The smallest absolute Gasteiger partial charge is 0.287 e. The number of carbonyl (C=O) groups excluding carboxylic acids is 1. The van der Waals surface area contributed by atoms with E-state index in [2.05, 4.69) is 15.4 Å². The molecule has 0 aliphatic rings. The van der Waals surface area contributed by atoms with Crippen LogP contribution in [-0.2, 0) is 0 Å². The van der Waals surface area contributed by atoms with Gasteiger partial charge in [0.05, 0.1) is 0 Å². The third-order valence-electron chi connectivity index (χ3n) is 1.27. The third kappa shape index (κ3) is 2.38. The largest absolute Gasteiger partial charge is 0.382 e. The fraction of sp³-hybridized carbons (Fsp3) is 0.286. The van der Waals surface area contributed by atoms with E-state index in [1.165, 1.54) is 17.4 Å². The van der Waals surface area contributed by atoms with Gasteiger partial charge in [-0.05, 0) is 0 Å². The summed E-state index contributed by atoms with van der Waals surface area (Å²) in [5, 5.41) is 1.51. The number of rotatable bonds is 2.